The average Bonchev–Trinajstić information content (AvgIpc) is 3.08. The molecule has 0 aliphatic heterocycles. The third kappa shape index (κ3) is 5.06. The van der Waals surface area contributed by atoms with E-state index in [9.17, 15) is 9.18 Å². The monoisotopic (exact) mass is 373 g/mol. The van der Waals surface area contributed by atoms with E-state index in [-0.39, 0.29) is 29.2 Å². The van der Waals surface area contributed by atoms with Crippen molar-refractivity contribution < 1.29 is 18.3 Å². The minimum atomic E-state index is -0.487. The predicted octanol–water partition coefficient (Wildman–Crippen LogP) is 3.83. The molecule has 0 bridgehead atoms. The Hall–Kier alpha value is -2.87. The number of aromatic nitrogens is 2. The summed E-state index contributed by atoms with van der Waals surface area (Å²) in [5.41, 5.74) is 1.22. The molecule has 26 heavy (non-hydrogen) atoms. The number of hydrogen-bond acceptors (Lipinski definition) is 6. The van der Waals surface area contributed by atoms with E-state index in [4.69, 9.17) is 9.15 Å². The molecule has 6 nitrogen and oxygen atoms in total. The summed E-state index contributed by atoms with van der Waals surface area (Å²) in [6.07, 6.45) is 0. The summed E-state index contributed by atoms with van der Waals surface area (Å²) < 4.78 is 24.5. The molecule has 0 saturated carbocycles. The van der Waals surface area contributed by atoms with Gasteiger partial charge in [-0.15, -0.1) is 10.2 Å². The fourth-order valence-electron chi connectivity index (χ4n) is 2.08. The summed E-state index contributed by atoms with van der Waals surface area (Å²) >= 11 is 1.07. The second-order valence-electron chi connectivity index (χ2n) is 5.38. The lowest BCUT2D eigenvalue weighted by Gasteiger charge is -2.04. The van der Waals surface area contributed by atoms with Crippen LogP contribution < -0.4 is 10.1 Å². The van der Waals surface area contributed by atoms with Crippen LogP contribution in [0, 0.1) is 12.7 Å². The zero-order valence-corrected chi connectivity index (χ0v) is 14.8. The van der Waals surface area contributed by atoms with E-state index in [2.05, 4.69) is 15.5 Å². The van der Waals surface area contributed by atoms with Gasteiger partial charge in [-0.3, -0.25) is 4.79 Å². The summed E-state index contributed by atoms with van der Waals surface area (Å²) in [7, 11) is 0. The van der Waals surface area contributed by atoms with Gasteiger partial charge in [0.05, 0.1) is 11.4 Å². The zero-order chi connectivity index (χ0) is 18.4. The van der Waals surface area contributed by atoms with Gasteiger partial charge in [-0.1, -0.05) is 36.0 Å². The molecule has 8 heteroatoms. The fourth-order valence-corrected chi connectivity index (χ4v) is 2.66. The maximum absolute atomic E-state index is 13.5. The quantitative estimate of drug-likeness (QED) is 0.634. The van der Waals surface area contributed by atoms with Crippen molar-refractivity contribution in [2.75, 3.05) is 11.1 Å². The van der Waals surface area contributed by atoms with Crippen LogP contribution >= 0.6 is 11.8 Å². The number of carbonyl (C=O) groups is 1. The maximum Gasteiger partial charge on any atom is 0.277 e. The Balaban J connectivity index is 1.47. The summed E-state index contributed by atoms with van der Waals surface area (Å²) in [4.78, 5) is 11.9. The lowest BCUT2D eigenvalue weighted by molar-refractivity contribution is -0.113. The van der Waals surface area contributed by atoms with Crippen LogP contribution in [0.3, 0.4) is 0 Å². The predicted molar refractivity (Wildman–Crippen MR) is 95.6 cm³/mol. The molecule has 0 aliphatic carbocycles. The van der Waals surface area contributed by atoms with Crippen molar-refractivity contribution in [3.8, 4) is 5.75 Å². The third-order valence-corrected chi connectivity index (χ3v) is 4.09. The van der Waals surface area contributed by atoms with Crippen LogP contribution in [0.4, 0.5) is 10.1 Å². The number of rotatable bonds is 7. The molecule has 0 radical (unpaired) electrons. The Bertz CT molecular complexity index is 901. The first kappa shape index (κ1) is 17.9. The van der Waals surface area contributed by atoms with E-state index >= 15 is 0 Å². The van der Waals surface area contributed by atoms with Crippen molar-refractivity contribution in [3.05, 3.63) is 65.8 Å². The second-order valence-corrected chi connectivity index (χ2v) is 6.31. The van der Waals surface area contributed by atoms with E-state index in [1.807, 2.05) is 31.2 Å². The second kappa shape index (κ2) is 8.48. The van der Waals surface area contributed by atoms with Gasteiger partial charge >= 0.3 is 0 Å². The van der Waals surface area contributed by atoms with Gasteiger partial charge in [0.1, 0.15) is 11.6 Å². The molecule has 1 amide bonds. The number of thioether (sulfide) groups is 1. The fraction of sp³-hybridized carbons (Fsp3) is 0.167. The first-order valence-corrected chi connectivity index (χ1v) is 8.78. The molecule has 1 aromatic heterocycles. The molecule has 3 aromatic rings. The molecule has 0 fully saturated rings. The number of aryl methyl sites for hydroxylation is 1. The Morgan fingerprint density at radius 3 is 2.88 bits per heavy atom. The lowest BCUT2D eigenvalue weighted by Crippen LogP contribution is -2.14. The molecule has 1 N–H and O–H groups in total. The number of carbonyl (C=O) groups excluding carboxylic acids is 1. The van der Waals surface area contributed by atoms with Crippen LogP contribution in [0.25, 0.3) is 0 Å². The summed E-state index contributed by atoms with van der Waals surface area (Å²) in [5, 5.41) is 10.5. The zero-order valence-electron chi connectivity index (χ0n) is 13.9. The molecule has 0 saturated heterocycles. The standard InChI is InChI=1S/C18H16FN3O3S/c1-12-5-4-6-13(9-12)24-10-17-21-22-18(25-17)26-11-16(23)20-15-8-3-2-7-14(15)19/h2-9H,10-11H2,1H3,(H,20,23). The van der Waals surface area contributed by atoms with Crippen LogP contribution in [0.1, 0.15) is 11.5 Å². The van der Waals surface area contributed by atoms with E-state index in [1.54, 1.807) is 12.1 Å². The van der Waals surface area contributed by atoms with Gasteiger partial charge in [0.15, 0.2) is 6.61 Å². The van der Waals surface area contributed by atoms with Gasteiger partial charge < -0.3 is 14.5 Å². The molecular weight excluding hydrogens is 357 g/mol. The highest BCUT2D eigenvalue weighted by molar-refractivity contribution is 7.99. The lowest BCUT2D eigenvalue weighted by atomic mass is 10.2. The van der Waals surface area contributed by atoms with E-state index in [1.165, 1.54) is 12.1 Å². The number of para-hydroxylation sites is 1. The molecule has 3 rings (SSSR count). The Labute approximate surface area is 153 Å². The largest absolute Gasteiger partial charge is 0.484 e. The Kier molecular flexibility index (Phi) is 5.85. The number of amides is 1. The molecule has 1 heterocycles. The van der Waals surface area contributed by atoms with Crippen molar-refractivity contribution in [2.24, 2.45) is 0 Å². The minimum absolute atomic E-state index is 0.0225. The molecule has 2 aromatic carbocycles. The van der Waals surface area contributed by atoms with Crippen LogP contribution in [0.2, 0.25) is 0 Å². The van der Waals surface area contributed by atoms with Crippen LogP contribution in [0.15, 0.2) is 58.2 Å². The van der Waals surface area contributed by atoms with E-state index in [0.29, 0.717) is 11.6 Å². The van der Waals surface area contributed by atoms with Crippen LogP contribution in [0.5, 0.6) is 5.75 Å². The van der Waals surface area contributed by atoms with Gasteiger partial charge in [-0.05, 0) is 36.8 Å². The van der Waals surface area contributed by atoms with E-state index in [0.717, 1.165) is 17.3 Å². The third-order valence-electron chi connectivity index (χ3n) is 3.27. The number of ether oxygens (including phenoxy) is 1. The van der Waals surface area contributed by atoms with Crippen molar-refractivity contribution >= 4 is 23.4 Å². The van der Waals surface area contributed by atoms with Crippen LogP contribution in [-0.4, -0.2) is 21.9 Å². The van der Waals surface area contributed by atoms with Crippen molar-refractivity contribution in [3.63, 3.8) is 0 Å². The number of hydrogen-bond donors (Lipinski definition) is 1. The smallest absolute Gasteiger partial charge is 0.277 e. The topological polar surface area (TPSA) is 77.2 Å². The number of nitrogens with zero attached hydrogens (tertiary/aromatic N) is 2. The highest BCUT2D eigenvalue weighted by Crippen LogP contribution is 2.19. The molecular formula is C18H16FN3O3S. The van der Waals surface area contributed by atoms with Crippen molar-refractivity contribution in [1.82, 2.24) is 10.2 Å². The number of nitrogens with one attached hydrogen (secondary N) is 1. The molecule has 0 unspecified atom stereocenters. The maximum atomic E-state index is 13.5. The normalized spacial score (nSPS) is 10.5. The summed E-state index contributed by atoms with van der Waals surface area (Å²) in [6.45, 7) is 2.11. The Morgan fingerprint density at radius 1 is 1.23 bits per heavy atom. The van der Waals surface area contributed by atoms with Crippen molar-refractivity contribution in [1.29, 1.82) is 0 Å². The van der Waals surface area contributed by atoms with Crippen LogP contribution in [-0.2, 0) is 11.4 Å². The highest BCUT2D eigenvalue weighted by Gasteiger charge is 2.11. The van der Waals surface area contributed by atoms with Gasteiger partial charge in [-0.2, -0.15) is 0 Å². The molecule has 0 spiro atoms. The van der Waals surface area contributed by atoms with Gasteiger partial charge in [0, 0.05) is 0 Å². The highest BCUT2D eigenvalue weighted by atomic mass is 32.2. The Morgan fingerprint density at radius 2 is 2.08 bits per heavy atom. The number of anilines is 1. The van der Waals surface area contributed by atoms with E-state index < -0.39 is 5.82 Å². The van der Waals surface area contributed by atoms with Gasteiger partial charge in [0.2, 0.25) is 5.91 Å². The molecule has 0 aliphatic rings. The molecule has 134 valence electrons. The van der Waals surface area contributed by atoms with Gasteiger partial charge in [0.25, 0.3) is 11.1 Å². The summed E-state index contributed by atoms with van der Waals surface area (Å²) in [5.74, 6) is 0.189. The minimum Gasteiger partial charge on any atom is -0.484 e. The SMILES string of the molecule is Cc1cccc(OCc2nnc(SCC(=O)Nc3ccccc3F)o2)c1. The number of benzene rings is 2. The summed E-state index contributed by atoms with van der Waals surface area (Å²) in [6, 6.07) is 13.6. The first-order valence-electron chi connectivity index (χ1n) is 7.79. The number of halogens is 1. The van der Waals surface area contributed by atoms with Gasteiger partial charge in [-0.25, -0.2) is 4.39 Å². The average molecular weight is 373 g/mol. The van der Waals surface area contributed by atoms with Crippen molar-refractivity contribution in [2.45, 2.75) is 18.8 Å². The first-order chi connectivity index (χ1) is 12.6. The molecule has 0 atom stereocenters.